The SMILES string of the molecule is N#CC1(C(=O)N2CCC3(CC2)CC(=O)N(Cc2ccncc2)C3)CCCC1.O=CO. The number of carboxylic acid groups (broad SMARTS) is 1. The first kappa shape index (κ1) is 21.8. The normalized spacial score (nSPS) is 21.6. The van der Waals surface area contributed by atoms with E-state index in [1.54, 1.807) is 12.4 Å². The van der Waals surface area contributed by atoms with E-state index in [0.29, 0.717) is 38.9 Å². The maximum absolute atomic E-state index is 12.9. The highest BCUT2D eigenvalue weighted by Crippen LogP contribution is 2.44. The van der Waals surface area contributed by atoms with Gasteiger partial charge in [0.15, 0.2) is 0 Å². The number of hydrogen-bond acceptors (Lipinski definition) is 5. The fraction of sp³-hybridized carbons (Fsp3) is 0.591. The first-order valence-corrected chi connectivity index (χ1v) is 10.4. The average Bonchev–Trinajstić information content (AvgIpc) is 3.35. The van der Waals surface area contributed by atoms with Gasteiger partial charge in [0.25, 0.3) is 6.47 Å². The van der Waals surface area contributed by atoms with Gasteiger partial charge in [0, 0.05) is 50.4 Å². The zero-order valence-electron chi connectivity index (χ0n) is 17.1. The lowest BCUT2D eigenvalue weighted by molar-refractivity contribution is -0.141. The summed E-state index contributed by atoms with van der Waals surface area (Å²) in [5, 5.41) is 16.5. The van der Waals surface area contributed by atoms with Crippen LogP contribution in [0.1, 0.15) is 50.5 Å². The molecule has 0 radical (unpaired) electrons. The molecule has 2 saturated heterocycles. The third kappa shape index (κ3) is 4.45. The van der Waals surface area contributed by atoms with E-state index in [-0.39, 0.29) is 23.7 Å². The van der Waals surface area contributed by atoms with Crippen LogP contribution < -0.4 is 0 Å². The number of amides is 2. The highest BCUT2D eigenvalue weighted by molar-refractivity contribution is 5.86. The second-order valence-electron chi connectivity index (χ2n) is 8.58. The lowest BCUT2D eigenvalue weighted by atomic mass is 9.76. The van der Waals surface area contributed by atoms with Gasteiger partial charge in [-0.3, -0.25) is 19.4 Å². The van der Waals surface area contributed by atoms with Crippen molar-refractivity contribution in [2.45, 2.75) is 51.5 Å². The smallest absolute Gasteiger partial charge is 0.290 e. The summed E-state index contributed by atoms with van der Waals surface area (Å²) in [6, 6.07) is 6.21. The van der Waals surface area contributed by atoms with Gasteiger partial charge in [0.2, 0.25) is 11.8 Å². The summed E-state index contributed by atoms with van der Waals surface area (Å²) in [4.78, 5) is 41.7. The zero-order chi connectivity index (χ0) is 21.6. The first-order chi connectivity index (χ1) is 14.5. The number of nitrogens with zero attached hydrogens (tertiary/aromatic N) is 4. The van der Waals surface area contributed by atoms with E-state index in [0.717, 1.165) is 37.8 Å². The molecule has 3 heterocycles. The summed E-state index contributed by atoms with van der Waals surface area (Å²) < 4.78 is 0. The molecule has 3 aliphatic rings. The largest absolute Gasteiger partial charge is 0.483 e. The molecule has 1 spiro atoms. The van der Waals surface area contributed by atoms with Gasteiger partial charge in [-0.1, -0.05) is 12.8 Å². The molecule has 3 fully saturated rings. The molecule has 8 heteroatoms. The van der Waals surface area contributed by atoms with Crippen LogP contribution in [-0.2, 0) is 20.9 Å². The molecular weight excluding hydrogens is 384 g/mol. The number of likely N-dealkylation sites (tertiary alicyclic amines) is 2. The number of nitriles is 1. The molecule has 4 rings (SSSR count). The van der Waals surface area contributed by atoms with Crippen LogP contribution in [0, 0.1) is 22.2 Å². The Bertz CT molecular complexity index is 806. The Morgan fingerprint density at radius 1 is 1.20 bits per heavy atom. The fourth-order valence-corrected chi connectivity index (χ4v) is 5.01. The molecule has 1 aromatic rings. The summed E-state index contributed by atoms with van der Waals surface area (Å²) in [5.74, 6) is 0.228. The minimum absolute atomic E-state index is 0.0175. The molecule has 8 nitrogen and oxygen atoms in total. The molecule has 30 heavy (non-hydrogen) atoms. The molecule has 160 valence electrons. The monoisotopic (exact) mass is 412 g/mol. The molecule has 0 bridgehead atoms. The van der Waals surface area contributed by atoms with Gasteiger partial charge in [-0.05, 0) is 43.4 Å². The molecule has 1 N–H and O–H groups in total. The lowest BCUT2D eigenvalue weighted by Gasteiger charge is -2.40. The van der Waals surface area contributed by atoms with Crippen molar-refractivity contribution in [1.82, 2.24) is 14.8 Å². The molecule has 1 aromatic heterocycles. The molecule has 1 saturated carbocycles. The Labute approximate surface area is 176 Å². The Kier molecular flexibility index (Phi) is 6.70. The van der Waals surface area contributed by atoms with E-state index >= 15 is 0 Å². The Morgan fingerprint density at radius 2 is 1.80 bits per heavy atom. The number of hydrogen-bond donors (Lipinski definition) is 1. The molecular formula is C22H28N4O4. The third-order valence-corrected chi connectivity index (χ3v) is 6.72. The first-order valence-electron chi connectivity index (χ1n) is 10.4. The van der Waals surface area contributed by atoms with Gasteiger partial charge < -0.3 is 14.9 Å². The molecule has 2 aliphatic heterocycles. The lowest BCUT2D eigenvalue weighted by Crippen LogP contribution is -2.49. The number of carbonyl (C=O) groups is 3. The molecule has 2 amide bonds. The van der Waals surface area contributed by atoms with Crippen LogP contribution >= 0.6 is 0 Å². The van der Waals surface area contributed by atoms with E-state index in [4.69, 9.17) is 9.90 Å². The van der Waals surface area contributed by atoms with Gasteiger partial charge in [0.1, 0.15) is 5.41 Å². The summed E-state index contributed by atoms with van der Waals surface area (Å²) in [5.41, 5.74) is 0.292. The van der Waals surface area contributed by atoms with Crippen molar-refractivity contribution in [3.8, 4) is 6.07 Å². The van der Waals surface area contributed by atoms with Gasteiger partial charge in [-0.15, -0.1) is 0 Å². The summed E-state index contributed by atoms with van der Waals surface area (Å²) in [7, 11) is 0. The minimum Gasteiger partial charge on any atom is -0.483 e. The molecule has 0 atom stereocenters. The predicted octanol–water partition coefficient (Wildman–Crippen LogP) is 2.21. The van der Waals surface area contributed by atoms with Gasteiger partial charge in [-0.2, -0.15) is 5.26 Å². The van der Waals surface area contributed by atoms with E-state index < -0.39 is 5.41 Å². The summed E-state index contributed by atoms with van der Waals surface area (Å²) >= 11 is 0. The minimum atomic E-state index is -0.788. The standard InChI is InChI=1S/C21H26N4O2.CH2O2/c22-15-21(5-1-2-6-21)19(27)24-11-7-20(8-12-24)13-18(26)25(16-20)14-17-3-9-23-10-4-17;2-1-3/h3-4,9-10H,1-2,5-8,11-14,16H2;1H,(H,2,3). The van der Waals surface area contributed by atoms with Crippen LogP contribution in [0.15, 0.2) is 24.5 Å². The van der Waals surface area contributed by atoms with Gasteiger partial charge in [-0.25, -0.2) is 0 Å². The number of aromatic nitrogens is 1. The second kappa shape index (κ2) is 9.24. The quantitative estimate of drug-likeness (QED) is 0.761. The van der Waals surface area contributed by atoms with E-state index in [1.807, 2.05) is 21.9 Å². The van der Waals surface area contributed by atoms with Crippen LogP contribution in [0.4, 0.5) is 0 Å². The Hall–Kier alpha value is -2.95. The zero-order valence-corrected chi connectivity index (χ0v) is 17.1. The summed E-state index contributed by atoms with van der Waals surface area (Å²) in [6.45, 7) is 2.47. The van der Waals surface area contributed by atoms with Crippen LogP contribution in [0.3, 0.4) is 0 Å². The fourth-order valence-electron chi connectivity index (χ4n) is 5.01. The van der Waals surface area contributed by atoms with Crippen LogP contribution in [-0.4, -0.2) is 57.8 Å². The van der Waals surface area contributed by atoms with Crippen molar-refractivity contribution in [2.75, 3.05) is 19.6 Å². The average molecular weight is 412 g/mol. The van der Waals surface area contributed by atoms with Crippen molar-refractivity contribution in [2.24, 2.45) is 10.8 Å². The molecule has 1 aliphatic carbocycles. The Morgan fingerprint density at radius 3 is 2.37 bits per heavy atom. The number of carbonyl (C=O) groups excluding carboxylic acids is 2. The molecule has 0 unspecified atom stereocenters. The number of rotatable bonds is 3. The van der Waals surface area contributed by atoms with Crippen molar-refractivity contribution >= 4 is 18.3 Å². The van der Waals surface area contributed by atoms with Crippen molar-refractivity contribution in [3.63, 3.8) is 0 Å². The number of pyridine rings is 1. The van der Waals surface area contributed by atoms with E-state index in [1.165, 1.54) is 0 Å². The van der Waals surface area contributed by atoms with Gasteiger partial charge >= 0.3 is 0 Å². The maximum Gasteiger partial charge on any atom is 0.290 e. The molecule has 0 aromatic carbocycles. The van der Waals surface area contributed by atoms with E-state index in [9.17, 15) is 14.9 Å². The topological polar surface area (TPSA) is 115 Å². The maximum atomic E-state index is 12.9. The predicted molar refractivity (Wildman–Crippen MR) is 108 cm³/mol. The van der Waals surface area contributed by atoms with Crippen molar-refractivity contribution in [3.05, 3.63) is 30.1 Å². The van der Waals surface area contributed by atoms with Crippen molar-refractivity contribution < 1.29 is 19.5 Å². The van der Waals surface area contributed by atoms with Crippen molar-refractivity contribution in [1.29, 1.82) is 5.26 Å². The Balaban J connectivity index is 0.000000806. The highest BCUT2D eigenvalue weighted by Gasteiger charge is 2.49. The highest BCUT2D eigenvalue weighted by atomic mass is 16.3. The van der Waals surface area contributed by atoms with Crippen LogP contribution in [0.2, 0.25) is 0 Å². The van der Waals surface area contributed by atoms with Gasteiger partial charge in [0.05, 0.1) is 6.07 Å². The van der Waals surface area contributed by atoms with Crippen LogP contribution in [0.25, 0.3) is 0 Å². The third-order valence-electron chi connectivity index (χ3n) is 6.72. The van der Waals surface area contributed by atoms with Crippen LogP contribution in [0.5, 0.6) is 0 Å². The summed E-state index contributed by atoms with van der Waals surface area (Å²) in [6.07, 6.45) is 9.10. The van der Waals surface area contributed by atoms with E-state index in [2.05, 4.69) is 11.1 Å². The number of piperidine rings is 1. The second-order valence-corrected chi connectivity index (χ2v) is 8.58.